The average Bonchev–Trinajstić information content (AvgIpc) is 2.19. The van der Waals surface area contributed by atoms with Gasteiger partial charge < -0.3 is 10.2 Å². The van der Waals surface area contributed by atoms with Gasteiger partial charge in [-0.3, -0.25) is 0 Å². The summed E-state index contributed by atoms with van der Waals surface area (Å²) in [7, 11) is -3.68. The van der Waals surface area contributed by atoms with Crippen molar-refractivity contribution in [1.82, 2.24) is 0 Å². The molecule has 0 saturated carbocycles. The molecule has 0 aliphatic rings. The second kappa shape index (κ2) is 5.07. The summed E-state index contributed by atoms with van der Waals surface area (Å²) in [4.78, 5) is 10.9. The van der Waals surface area contributed by atoms with Gasteiger partial charge in [0.15, 0.2) is 9.84 Å². The van der Waals surface area contributed by atoms with Crippen LogP contribution in [0.1, 0.15) is 28.4 Å². The number of aliphatic hydroxyl groups is 1. The van der Waals surface area contributed by atoms with Crippen LogP contribution in [0.25, 0.3) is 0 Å². The van der Waals surface area contributed by atoms with Crippen molar-refractivity contribution in [1.29, 1.82) is 0 Å². The smallest absolute Gasteiger partial charge is 0.335 e. The molecule has 6 heteroatoms. The highest BCUT2D eigenvalue weighted by Gasteiger charge is 2.22. The molecule has 1 aromatic carbocycles. The van der Waals surface area contributed by atoms with Gasteiger partial charge in [-0.05, 0) is 44.0 Å². The van der Waals surface area contributed by atoms with E-state index in [0.717, 1.165) is 6.07 Å². The summed E-state index contributed by atoms with van der Waals surface area (Å²) in [6.07, 6.45) is -0.997. The Morgan fingerprint density at radius 3 is 2.33 bits per heavy atom. The number of hydrogen-bond acceptors (Lipinski definition) is 4. The first-order chi connectivity index (χ1) is 8.15. The van der Waals surface area contributed by atoms with Gasteiger partial charge in [-0.25, -0.2) is 13.2 Å². The minimum absolute atomic E-state index is 0.0270. The number of aliphatic hydroxyl groups excluding tert-OH is 1. The van der Waals surface area contributed by atoms with Crippen LogP contribution in [0.3, 0.4) is 0 Å². The van der Waals surface area contributed by atoms with E-state index in [1.54, 1.807) is 13.8 Å². The van der Waals surface area contributed by atoms with Gasteiger partial charge in [-0.15, -0.1) is 0 Å². The third-order valence-corrected chi connectivity index (χ3v) is 4.68. The van der Waals surface area contributed by atoms with Crippen LogP contribution in [-0.4, -0.2) is 36.5 Å². The summed E-state index contributed by atoms with van der Waals surface area (Å²) in [6.45, 7) is 4.65. The van der Waals surface area contributed by atoms with Gasteiger partial charge in [-0.2, -0.15) is 0 Å². The molecule has 0 heterocycles. The third-order valence-electron chi connectivity index (χ3n) is 2.66. The Bertz CT molecular complexity index is 572. The molecule has 100 valence electrons. The van der Waals surface area contributed by atoms with Gasteiger partial charge in [0.2, 0.25) is 0 Å². The van der Waals surface area contributed by atoms with Crippen LogP contribution in [0.5, 0.6) is 0 Å². The highest BCUT2D eigenvalue weighted by molar-refractivity contribution is 7.91. The van der Waals surface area contributed by atoms with Crippen molar-refractivity contribution < 1.29 is 23.4 Å². The Kier molecular flexibility index (Phi) is 4.13. The lowest BCUT2D eigenvalue weighted by Crippen LogP contribution is -2.19. The molecule has 0 fully saturated rings. The maximum absolute atomic E-state index is 12.0. The van der Waals surface area contributed by atoms with E-state index in [0.29, 0.717) is 11.1 Å². The number of aryl methyl sites for hydroxylation is 1. The first-order valence-electron chi connectivity index (χ1n) is 5.40. The van der Waals surface area contributed by atoms with Gasteiger partial charge in [0.1, 0.15) is 0 Å². The molecular formula is C12H16O5S. The van der Waals surface area contributed by atoms with E-state index in [1.165, 1.54) is 13.0 Å². The molecule has 1 aromatic rings. The van der Waals surface area contributed by atoms with E-state index in [2.05, 4.69) is 0 Å². The van der Waals surface area contributed by atoms with Crippen molar-refractivity contribution in [3.8, 4) is 0 Å². The van der Waals surface area contributed by atoms with Crippen molar-refractivity contribution in [3.63, 3.8) is 0 Å². The first-order valence-corrected chi connectivity index (χ1v) is 7.05. The van der Waals surface area contributed by atoms with E-state index in [4.69, 9.17) is 5.11 Å². The monoisotopic (exact) mass is 272 g/mol. The number of hydrogen-bond donors (Lipinski definition) is 2. The minimum Gasteiger partial charge on any atom is -0.478 e. The van der Waals surface area contributed by atoms with Crippen LogP contribution in [0, 0.1) is 13.8 Å². The Morgan fingerprint density at radius 2 is 1.89 bits per heavy atom. The summed E-state index contributed by atoms with van der Waals surface area (Å²) in [5.74, 6) is -1.59. The molecule has 0 saturated heterocycles. The number of carboxylic acid groups (broad SMARTS) is 1. The zero-order valence-corrected chi connectivity index (χ0v) is 11.3. The molecule has 18 heavy (non-hydrogen) atoms. The molecule has 1 atom stereocenters. The van der Waals surface area contributed by atoms with Gasteiger partial charge in [0.05, 0.1) is 22.3 Å². The molecule has 0 radical (unpaired) electrons. The van der Waals surface area contributed by atoms with Crippen LogP contribution >= 0.6 is 0 Å². The van der Waals surface area contributed by atoms with Crippen LogP contribution in [-0.2, 0) is 9.84 Å². The van der Waals surface area contributed by atoms with Crippen molar-refractivity contribution in [2.45, 2.75) is 31.8 Å². The molecule has 0 aromatic heterocycles. The minimum atomic E-state index is -3.68. The van der Waals surface area contributed by atoms with Crippen molar-refractivity contribution in [3.05, 3.63) is 28.8 Å². The quantitative estimate of drug-likeness (QED) is 0.858. The second-order valence-electron chi connectivity index (χ2n) is 4.35. The van der Waals surface area contributed by atoms with Gasteiger partial charge in [0.25, 0.3) is 0 Å². The number of aromatic carboxylic acids is 1. The van der Waals surface area contributed by atoms with Crippen LogP contribution < -0.4 is 0 Å². The summed E-state index contributed by atoms with van der Waals surface area (Å²) in [6, 6.07) is 2.57. The van der Waals surface area contributed by atoms with Gasteiger partial charge >= 0.3 is 5.97 Å². The zero-order valence-electron chi connectivity index (χ0n) is 10.5. The fraction of sp³-hybridized carbons (Fsp3) is 0.417. The van der Waals surface area contributed by atoms with E-state index in [-0.39, 0.29) is 10.5 Å². The third kappa shape index (κ3) is 3.08. The highest BCUT2D eigenvalue weighted by Crippen LogP contribution is 2.22. The lowest BCUT2D eigenvalue weighted by Gasteiger charge is -2.12. The molecule has 0 bridgehead atoms. The van der Waals surface area contributed by atoms with Crippen LogP contribution in [0.15, 0.2) is 17.0 Å². The Hall–Kier alpha value is -1.40. The summed E-state index contributed by atoms with van der Waals surface area (Å²) >= 11 is 0. The predicted octanol–water partition coefficient (Wildman–Crippen LogP) is 1.16. The van der Waals surface area contributed by atoms with Crippen molar-refractivity contribution in [2.75, 3.05) is 5.75 Å². The largest absolute Gasteiger partial charge is 0.478 e. The molecule has 5 nitrogen and oxygen atoms in total. The molecule has 0 spiro atoms. The SMILES string of the molecule is Cc1cc(C(=O)O)cc(S(=O)(=O)CC(C)O)c1C. The summed E-state index contributed by atoms with van der Waals surface area (Å²) in [5, 5.41) is 18.1. The lowest BCUT2D eigenvalue weighted by molar-refractivity contribution is 0.0696. The molecular weight excluding hydrogens is 256 g/mol. The topological polar surface area (TPSA) is 91.7 Å². The van der Waals surface area contributed by atoms with Gasteiger partial charge in [0, 0.05) is 0 Å². The molecule has 2 N–H and O–H groups in total. The van der Waals surface area contributed by atoms with E-state index >= 15 is 0 Å². The Morgan fingerprint density at radius 1 is 1.33 bits per heavy atom. The standard InChI is InChI=1S/C12H16O5S/c1-7-4-10(12(14)15)5-11(9(7)3)18(16,17)6-8(2)13/h4-5,8,13H,6H2,1-3H3,(H,14,15). The summed E-state index contributed by atoms with van der Waals surface area (Å²) in [5.41, 5.74) is 1.04. The van der Waals surface area contributed by atoms with Gasteiger partial charge in [-0.1, -0.05) is 0 Å². The van der Waals surface area contributed by atoms with E-state index in [1.807, 2.05) is 0 Å². The molecule has 0 aliphatic heterocycles. The molecule has 0 aliphatic carbocycles. The maximum Gasteiger partial charge on any atom is 0.335 e. The fourth-order valence-electron chi connectivity index (χ4n) is 1.68. The van der Waals surface area contributed by atoms with E-state index < -0.39 is 27.7 Å². The summed E-state index contributed by atoms with van der Waals surface area (Å²) < 4.78 is 24.1. The van der Waals surface area contributed by atoms with E-state index in [9.17, 15) is 18.3 Å². The fourth-order valence-corrected chi connectivity index (χ4v) is 3.43. The second-order valence-corrected chi connectivity index (χ2v) is 6.35. The molecule has 1 rings (SSSR count). The van der Waals surface area contributed by atoms with Crippen LogP contribution in [0.4, 0.5) is 0 Å². The normalized spacial score (nSPS) is 13.3. The zero-order chi connectivity index (χ0) is 14.1. The van der Waals surface area contributed by atoms with Crippen LogP contribution in [0.2, 0.25) is 0 Å². The van der Waals surface area contributed by atoms with Crippen molar-refractivity contribution >= 4 is 15.8 Å². The first kappa shape index (κ1) is 14.7. The number of rotatable bonds is 4. The average molecular weight is 272 g/mol. The Labute approximate surface area is 106 Å². The Balaban J connectivity index is 3.45. The number of sulfone groups is 1. The molecule has 1 unspecified atom stereocenters. The predicted molar refractivity (Wildman–Crippen MR) is 66.6 cm³/mol. The number of carboxylic acids is 1. The van der Waals surface area contributed by atoms with Crippen molar-refractivity contribution in [2.24, 2.45) is 0 Å². The number of benzene rings is 1. The lowest BCUT2D eigenvalue weighted by atomic mass is 10.1. The maximum atomic E-state index is 12.0. The molecule has 0 amide bonds. The number of carbonyl (C=O) groups is 1. The highest BCUT2D eigenvalue weighted by atomic mass is 32.2.